The number of rotatable bonds is 6. The van der Waals surface area contributed by atoms with Crippen LogP contribution in [0.3, 0.4) is 0 Å². The smallest absolute Gasteiger partial charge is 0.333 e. The molecule has 2 rings (SSSR count). The van der Waals surface area contributed by atoms with Crippen LogP contribution in [-0.4, -0.2) is 45.7 Å². The van der Waals surface area contributed by atoms with Gasteiger partial charge >= 0.3 is 5.97 Å². The zero-order valence-electron chi connectivity index (χ0n) is 17.3. The van der Waals surface area contributed by atoms with Gasteiger partial charge in [-0.3, -0.25) is 4.79 Å². The Kier molecular flexibility index (Phi) is 12.9. The van der Waals surface area contributed by atoms with Crippen LogP contribution in [0.4, 0.5) is 5.69 Å². The molecule has 1 fully saturated rings. The molecule has 0 aliphatic carbocycles. The third kappa shape index (κ3) is 8.24. The molecule has 1 amide bonds. The lowest BCUT2D eigenvalue weighted by Crippen LogP contribution is -2.42. The summed E-state index contributed by atoms with van der Waals surface area (Å²) in [5, 5.41) is 30.8. The van der Waals surface area contributed by atoms with Gasteiger partial charge in [0.15, 0.2) is 6.10 Å². The number of amides is 1. The van der Waals surface area contributed by atoms with Crippen molar-refractivity contribution in [2.24, 2.45) is 0 Å². The topological polar surface area (TPSA) is 125 Å². The fourth-order valence-corrected chi connectivity index (χ4v) is 2.34. The standard InChI is InChI=1S/C16H21NO7.2C2H6/c1-2-14(20)17-11-4-3-9(8-18)5-12(11)23-15-7-10(19)6-13(24-15)16(21)22;2*1-2/h3-5,10,13,15,18-19H,2,6-8H2,1H3,(H,17,20)(H,21,22);2*1-2H3. The fraction of sp³-hybridized carbons (Fsp3) is 0.600. The highest BCUT2D eigenvalue weighted by molar-refractivity contribution is 5.92. The molecule has 1 heterocycles. The Hall–Kier alpha value is -2.16. The van der Waals surface area contributed by atoms with Crippen LogP contribution in [-0.2, 0) is 20.9 Å². The molecule has 0 bridgehead atoms. The van der Waals surface area contributed by atoms with Crippen LogP contribution < -0.4 is 10.1 Å². The Bertz CT molecular complexity index is 606. The van der Waals surface area contributed by atoms with E-state index in [1.807, 2.05) is 27.7 Å². The minimum atomic E-state index is -1.18. The monoisotopic (exact) mass is 399 g/mol. The average molecular weight is 399 g/mol. The molecule has 160 valence electrons. The number of carbonyl (C=O) groups excluding carboxylic acids is 1. The predicted molar refractivity (Wildman–Crippen MR) is 106 cm³/mol. The van der Waals surface area contributed by atoms with Gasteiger partial charge in [-0.15, -0.1) is 0 Å². The Balaban J connectivity index is 0.00000171. The summed E-state index contributed by atoms with van der Waals surface area (Å²) in [6.07, 6.45) is -2.62. The van der Waals surface area contributed by atoms with Gasteiger partial charge in [0.25, 0.3) is 0 Å². The number of carboxylic acids is 1. The van der Waals surface area contributed by atoms with Gasteiger partial charge < -0.3 is 30.1 Å². The molecular weight excluding hydrogens is 366 g/mol. The maximum Gasteiger partial charge on any atom is 0.333 e. The number of hydrogen-bond donors (Lipinski definition) is 4. The second-order valence-electron chi connectivity index (χ2n) is 5.53. The average Bonchev–Trinajstić information content (AvgIpc) is 2.71. The Morgan fingerprint density at radius 2 is 1.86 bits per heavy atom. The lowest BCUT2D eigenvalue weighted by molar-refractivity contribution is -0.195. The van der Waals surface area contributed by atoms with E-state index in [9.17, 15) is 19.8 Å². The van der Waals surface area contributed by atoms with E-state index in [-0.39, 0.29) is 37.5 Å². The fourth-order valence-electron chi connectivity index (χ4n) is 2.34. The summed E-state index contributed by atoms with van der Waals surface area (Å²) in [6.45, 7) is 9.49. The Labute approximate surface area is 166 Å². The molecular formula is C20H33NO7. The van der Waals surface area contributed by atoms with Gasteiger partial charge in [0, 0.05) is 19.3 Å². The first kappa shape index (κ1) is 25.8. The zero-order valence-corrected chi connectivity index (χ0v) is 17.3. The molecule has 3 atom stereocenters. The Morgan fingerprint density at radius 3 is 2.39 bits per heavy atom. The third-order valence-corrected chi connectivity index (χ3v) is 3.62. The van der Waals surface area contributed by atoms with Crippen molar-refractivity contribution >= 4 is 17.6 Å². The Morgan fingerprint density at radius 1 is 1.21 bits per heavy atom. The van der Waals surface area contributed by atoms with E-state index in [0.29, 0.717) is 11.3 Å². The maximum atomic E-state index is 11.6. The van der Waals surface area contributed by atoms with Gasteiger partial charge in [0.05, 0.1) is 18.4 Å². The van der Waals surface area contributed by atoms with Crippen molar-refractivity contribution in [2.75, 3.05) is 5.32 Å². The molecule has 0 saturated carbocycles. The van der Waals surface area contributed by atoms with E-state index >= 15 is 0 Å². The van der Waals surface area contributed by atoms with Gasteiger partial charge in [0.1, 0.15) is 5.75 Å². The van der Waals surface area contributed by atoms with E-state index in [1.165, 1.54) is 6.07 Å². The lowest BCUT2D eigenvalue weighted by atomic mass is 10.1. The van der Waals surface area contributed by atoms with Gasteiger partial charge in [-0.1, -0.05) is 40.7 Å². The number of hydrogen-bond acceptors (Lipinski definition) is 6. The minimum absolute atomic E-state index is 0.00863. The SMILES string of the molecule is CC.CC.CCC(=O)Nc1ccc(CO)cc1OC1CC(O)CC(C(=O)O)O1. The second kappa shape index (κ2) is 13.9. The van der Waals surface area contributed by atoms with Gasteiger partial charge in [0.2, 0.25) is 12.2 Å². The normalized spacial score (nSPS) is 20.6. The summed E-state index contributed by atoms with van der Waals surface area (Å²) in [5.74, 6) is -1.15. The van der Waals surface area contributed by atoms with Crippen molar-refractivity contribution in [3.8, 4) is 5.75 Å². The quantitative estimate of drug-likeness (QED) is 0.579. The molecule has 8 nitrogen and oxygen atoms in total. The lowest BCUT2D eigenvalue weighted by Gasteiger charge is -2.31. The molecule has 0 spiro atoms. The first-order valence-electron chi connectivity index (χ1n) is 9.69. The maximum absolute atomic E-state index is 11.6. The molecule has 0 radical (unpaired) electrons. The van der Waals surface area contributed by atoms with Crippen LogP contribution in [0.25, 0.3) is 0 Å². The van der Waals surface area contributed by atoms with E-state index in [0.717, 1.165) is 0 Å². The number of aliphatic hydroxyl groups excluding tert-OH is 2. The van der Waals surface area contributed by atoms with E-state index in [1.54, 1.807) is 19.1 Å². The van der Waals surface area contributed by atoms with Crippen molar-refractivity contribution in [1.82, 2.24) is 0 Å². The number of ether oxygens (including phenoxy) is 2. The van der Waals surface area contributed by atoms with Crippen molar-refractivity contribution in [3.05, 3.63) is 23.8 Å². The van der Waals surface area contributed by atoms with Crippen molar-refractivity contribution < 1.29 is 34.4 Å². The van der Waals surface area contributed by atoms with Crippen molar-refractivity contribution in [2.45, 2.75) is 79.0 Å². The molecule has 4 N–H and O–H groups in total. The minimum Gasteiger partial charge on any atom is -0.479 e. The third-order valence-electron chi connectivity index (χ3n) is 3.62. The molecule has 1 aliphatic heterocycles. The number of benzene rings is 1. The predicted octanol–water partition coefficient (Wildman–Crippen LogP) is 2.91. The van der Waals surface area contributed by atoms with E-state index < -0.39 is 24.5 Å². The summed E-state index contributed by atoms with van der Waals surface area (Å²) >= 11 is 0. The number of anilines is 1. The first-order valence-corrected chi connectivity index (χ1v) is 9.69. The summed E-state index contributed by atoms with van der Waals surface area (Å²) in [6, 6.07) is 4.75. The van der Waals surface area contributed by atoms with Gasteiger partial charge in [-0.05, 0) is 17.7 Å². The summed E-state index contributed by atoms with van der Waals surface area (Å²) in [7, 11) is 0. The van der Waals surface area contributed by atoms with Crippen LogP contribution in [0.5, 0.6) is 5.75 Å². The number of aliphatic carboxylic acids is 1. The molecule has 0 aromatic heterocycles. The highest BCUT2D eigenvalue weighted by atomic mass is 16.7. The zero-order chi connectivity index (χ0) is 21.7. The molecule has 1 aromatic rings. The van der Waals surface area contributed by atoms with E-state index in [4.69, 9.17) is 14.6 Å². The van der Waals surface area contributed by atoms with Gasteiger partial charge in [-0.2, -0.15) is 0 Å². The first-order chi connectivity index (χ1) is 13.4. The summed E-state index contributed by atoms with van der Waals surface area (Å²) in [5.41, 5.74) is 0.945. The second-order valence-corrected chi connectivity index (χ2v) is 5.53. The van der Waals surface area contributed by atoms with Crippen molar-refractivity contribution in [1.29, 1.82) is 0 Å². The van der Waals surface area contributed by atoms with E-state index in [2.05, 4.69) is 5.32 Å². The number of nitrogens with one attached hydrogen (secondary N) is 1. The molecule has 1 aromatic carbocycles. The molecule has 3 unspecified atom stereocenters. The molecule has 1 saturated heterocycles. The summed E-state index contributed by atoms with van der Waals surface area (Å²) < 4.78 is 11.0. The largest absolute Gasteiger partial charge is 0.479 e. The number of carboxylic acid groups (broad SMARTS) is 1. The highest BCUT2D eigenvalue weighted by Gasteiger charge is 2.34. The van der Waals surface area contributed by atoms with Crippen LogP contribution in [0.2, 0.25) is 0 Å². The molecule has 28 heavy (non-hydrogen) atoms. The highest BCUT2D eigenvalue weighted by Crippen LogP contribution is 2.30. The molecule has 8 heteroatoms. The molecule has 1 aliphatic rings. The van der Waals surface area contributed by atoms with Crippen LogP contribution in [0.1, 0.15) is 59.4 Å². The number of carbonyl (C=O) groups is 2. The van der Waals surface area contributed by atoms with Crippen LogP contribution in [0, 0.1) is 0 Å². The van der Waals surface area contributed by atoms with Gasteiger partial charge in [-0.25, -0.2) is 4.79 Å². The van der Waals surface area contributed by atoms with Crippen molar-refractivity contribution in [3.63, 3.8) is 0 Å². The number of aliphatic hydroxyl groups is 2. The van der Waals surface area contributed by atoms with Crippen LogP contribution in [0.15, 0.2) is 18.2 Å². The summed E-state index contributed by atoms with van der Waals surface area (Å²) in [4.78, 5) is 22.7. The van der Waals surface area contributed by atoms with Crippen LogP contribution >= 0.6 is 0 Å².